The van der Waals surface area contributed by atoms with Crippen LogP contribution in [0.2, 0.25) is 0 Å². The molecule has 0 unspecified atom stereocenters. The number of aryl methyl sites for hydroxylation is 1. The van der Waals surface area contributed by atoms with Crippen LogP contribution < -0.4 is 0 Å². The quantitative estimate of drug-likeness (QED) is 0.639. The van der Waals surface area contributed by atoms with Crippen LogP contribution in [0.5, 0.6) is 0 Å². The summed E-state index contributed by atoms with van der Waals surface area (Å²) in [5.41, 5.74) is 7.02. The third kappa shape index (κ3) is 1.69. The maximum atomic E-state index is 4.61. The van der Waals surface area contributed by atoms with E-state index < -0.39 is 0 Å². The Morgan fingerprint density at radius 1 is 1.05 bits per heavy atom. The molecule has 2 nitrogen and oxygen atoms in total. The molecule has 1 aromatic carbocycles. The van der Waals surface area contributed by atoms with Gasteiger partial charge in [0, 0.05) is 18.0 Å². The highest BCUT2D eigenvalue weighted by molar-refractivity contribution is 5.98. The van der Waals surface area contributed by atoms with Crippen molar-refractivity contribution in [2.45, 2.75) is 6.92 Å². The fourth-order valence-corrected chi connectivity index (χ4v) is 2.74. The first-order valence-corrected chi connectivity index (χ1v) is 6.75. The maximum Gasteiger partial charge on any atom is 0.144 e. The van der Waals surface area contributed by atoms with Gasteiger partial charge in [-0.3, -0.25) is 0 Å². The standard InChI is InChI=1S/C18H14N2/c1-13-12-20-10-4-6-16(18(20)19-13)11-15-9-8-14-5-2-3-7-17(14)15/h2-12H,1H3. The fourth-order valence-electron chi connectivity index (χ4n) is 2.74. The molecule has 0 atom stereocenters. The molecule has 2 aromatic heterocycles. The van der Waals surface area contributed by atoms with Gasteiger partial charge >= 0.3 is 0 Å². The van der Waals surface area contributed by atoms with E-state index in [1.165, 1.54) is 16.7 Å². The molecule has 1 aliphatic rings. The molecule has 0 amide bonds. The summed E-state index contributed by atoms with van der Waals surface area (Å²) in [6, 6.07) is 12.6. The van der Waals surface area contributed by atoms with E-state index in [-0.39, 0.29) is 0 Å². The van der Waals surface area contributed by atoms with Crippen molar-refractivity contribution in [3.05, 3.63) is 77.3 Å². The molecule has 1 aliphatic carbocycles. The molecule has 0 radical (unpaired) electrons. The third-order valence-corrected chi connectivity index (χ3v) is 3.66. The number of imidazole rings is 1. The largest absolute Gasteiger partial charge is 0.306 e. The Hall–Kier alpha value is -2.61. The van der Waals surface area contributed by atoms with Crippen molar-refractivity contribution in [3.63, 3.8) is 0 Å². The Morgan fingerprint density at radius 3 is 2.90 bits per heavy atom. The summed E-state index contributed by atoms with van der Waals surface area (Å²) in [7, 11) is 0. The predicted octanol–water partition coefficient (Wildman–Crippen LogP) is 4.21. The Kier molecular flexibility index (Phi) is 2.36. The molecule has 0 saturated carbocycles. The highest BCUT2D eigenvalue weighted by atomic mass is 15.0. The van der Waals surface area contributed by atoms with E-state index in [1.54, 1.807) is 0 Å². The summed E-state index contributed by atoms with van der Waals surface area (Å²) in [4.78, 5) is 4.61. The Labute approximate surface area is 117 Å². The smallest absolute Gasteiger partial charge is 0.144 e. The second-order valence-electron chi connectivity index (χ2n) is 5.10. The molecule has 96 valence electrons. The van der Waals surface area contributed by atoms with Gasteiger partial charge in [-0.2, -0.15) is 0 Å². The molecule has 0 saturated heterocycles. The van der Waals surface area contributed by atoms with Crippen LogP contribution in [0.4, 0.5) is 0 Å². The van der Waals surface area contributed by atoms with E-state index in [4.69, 9.17) is 0 Å². The first-order chi connectivity index (χ1) is 9.81. The number of allylic oxidation sites excluding steroid dienone is 2. The third-order valence-electron chi connectivity index (χ3n) is 3.66. The molecule has 0 aliphatic heterocycles. The molecule has 0 spiro atoms. The fraction of sp³-hybridized carbons (Fsp3) is 0.0556. The molecular weight excluding hydrogens is 244 g/mol. The Balaban J connectivity index is 1.90. The van der Waals surface area contributed by atoms with Crippen molar-refractivity contribution in [3.8, 4) is 0 Å². The molecule has 20 heavy (non-hydrogen) atoms. The zero-order chi connectivity index (χ0) is 13.5. The number of hydrogen-bond donors (Lipinski definition) is 0. The lowest BCUT2D eigenvalue weighted by molar-refractivity contribution is 1.18. The highest BCUT2D eigenvalue weighted by Gasteiger charge is 2.10. The number of nitrogens with zero attached hydrogens (tertiary/aromatic N) is 2. The summed E-state index contributed by atoms with van der Waals surface area (Å²) in [5.74, 6) is 0. The lowest BCUT2D eigenvalue weighted by Gasteiger charge is -2.02. The van der Waals surface area contributed by atoms with Gasteiger partial charge in [0.2, 0.25) is 0 Å². The van der Waals surface area contributed by atoms with Crippen LogP contribution in [-0.2, 0) is 0 Å². The number of benzene rings is 1. The van der Waals surface area contributed by atoms with Crippen LogP contribution >= 0.6 is 0 Å². The molecule has 3 aromatic rings. The summed E-state index contributed by atoms with van der Waals surface area (Å²) >= 11 is 0. The molecule has 4 rings (SSSR count). The molecule has 0 bridgehead atoms. The molecular formula is C18H14N2. The minimum atomic E-state index is 1.01. The van der Waals surface area contributed by atoms with Crippen LogP contribution in [0.25, 0.3) is 23.4 Å². The zero-order valence-corrected chi connectivity index (χ0v) is 11.2. The summed E-state index contributed by atoms with van der Waals surface area (Å²) in [6.45, 7) is 2.02. The van der Waals surface area contributed by atoms with E-state index in [0.29, 0.717) is 0 Å². The zero-order valence-electron chi connectivity index (χ0n) is 11.2. The van der Waals surface area contributed by atoms with E-state index in [9.17, 15) is 0 Å². The Morgan fingerprint density at radius 2 is 1.95 bits per heavy atom. The topological polar surface area (TPSA) is 17.3 Å². The molecule has 0 N–H and O–H groups in total. The number of aromatic nitrogens is 2. The van der Waals surface area contributed by atoms with E-state index in [0.717, 1.165) is 16.9 Å². The number of hydrogen-bond acceptors (Lipinski definition) is 1. The monoisotopic (exact) mass is 258 g/mol. The van der Waals surface area contributed by atoms with E-state index in [1.807, 2.05) is 13.1 Å². The van der Waals surface area contributed by atoms with Gasteiger partial charge in [0.15, 0.2) is 0 Å². The molecule has 2 heterocycles. The Bertz CT molecular complexity index is 866. The van der Waals surface area contributed by atoms with Crippen molar-refractivity contribution in [2.75, 3.05) is 0 Å². The highest BCUT2D eigenvalue weighted by Crippen LogP contribution is 2.31. The van der Waals surface area contributed by atoms with Crippen LogP contribution in [0.1, 0.15) is 22.4 Å². The number of rotatable bonds is 1. The van der Waals surface area contributed by atoms with Gasteiger partial charge in [0.25, 0.3) is 0 Å². The average molecular weight is 258 g/mol. The lowest BCUT2D eigenvalue weighted by atomic mass is 10.0. The maximum absolute atomic E-state index is 4.61. The number of fused-ring (bicyclic) bond motifs is 2. The van der Waals surface area contributed by atoms with E-state index >= 15 is 0 Å². The van der Waals surface area contributed by atoms with Crippen molar-refractivity contribution in [1.29, 1.82) is 0 Å². The second kappa shape index (κ2) is 4.20. The molecule has 0 fully saturated rings. The number of pyridine rings is 1. The summed E-state index contributed by atoms with van der Waals surface area (Å²) in [6.07, 6.45) is 10.6. The minimum absolute atomic E-state index is 1.01. The van der Waals surface area contributed by atoms with Gasteiger partial charge in [-0.15, -0.1) is 0 Å². The van der Waals surface area contributed by atoms with Gasteiger partial charge < -0.3 is 4.40 Å². The first kappa shape index (κ1) is 11.2. The van der Waals surface area contributed by atoms with E-state index in [2.05, 4.69) is 70.2 Å². The van der Waals surface area contributed by atoms with Gasteiger partial charge in [-0.05, 0) is 41.8 Å². The second-order valence-corrected chi connectivity index (χ2v) is 5.10. The minimum Gasteiger partial charge on any atom is -0.306 e. The van der Waals surface area contributed by atoms with Gasteiger partial charge in [-0.1, -0.05) is 36.4 Å². The van der Waals surface area contributed by atoms with Gasteiger partial charge in [-0.25, -0.2) is 4.98 Å². The van der Waals surface area contributed by atoms with Crippen LogP contribution in [0.3, 0.4) is 0 Å². The summed E-state index contributed by atoms with van der Waals surface area (Å²) < 4.78 is 2.08. The van der Waals surface area contributed by atoms with Crippen molar-refractivity contribution >= 4 is 23.4 Å². The van der Waals surface area contributed by atoms with Crippen LogP contribution in [0.15, 0.2) is 54.9 Å². The summed E-state index contributed by atoms with van der Waals surface area (Å²) in [5, 5.41) is 0. The SMILES string of the molecule is Cc1cn2cccc(C=C3C=Cc4ccccc43)c2n1. The van der Waals surface area contributed by atoms with Gasteiger partial charge in [0.05, 0.1) is 5.69 Å². The van der Waals surface area contributed by atoms with Crippen molar-refractivity contribution < 1.29 is 0 Å². The first-order valence-electron chi connectivity index (χ1n) is 6.75. The van der Waals surface area contributed by atoms with Crippen molar-refractivity contribution in [2.24, 2.45) is 0 Å². The predicted molar refractivity (Wildman–Crippen MR) is 83.3 cm³/mol. The molecule has 2 heteroatoms. The van der Waals surface area contributed by atoms with Crippen molar-refractivity contribution in [1.82, 2.24) is 9.38 Å². The normalized spacial score (nSPS) is 15.2. The van der Waals surface area contributed by atoms with Gasteiger partial charge in [0.1, 0.15) is 5.65 Å². The lowest BCUT2D eigenvalue weighted by Crippen LogP contribution is -1.87. The van der Waals surface area contributed by atoms with Crippen LogP contribution in [-0.4, -0.2) is 9.38 Å². The van der Waals surface area contributed by atoms with Crippen LogP contribution in [0, 0.1) is 6.92 Å². The average Bonchev–Trinajstić information content (AvgIpc) is 3.03.